The van der Waals surface area contributed by atoms with Gasteiger partial charge in [-0.1, -0.05) is 29.1 Å². The van der Waals surface area contributed by atoms with Crippen molar-refractivity contribution >= 4 is 68.6 Å². The van der Waals surface area contributed by atoms with E-state index in [0.717, 1.165) is 28.7 Å². The maximum atomic E-state index is 13.6. The van der Waals surface area contributed by atoms with Gasteiger partial charge in [0.05, 0.1) is 13.4 Å². The maximum absolute atomic E-state index is 13.6. The zero-order valence-corrected chi connectivity index (χ0v) is 25.5. The molecule has 0 aliphatic carbocycles. The fourth-order valence-corrected chi connectivity index (χ4v) is 7.68. The van der Waals surface area contributed by atoms with E-state index in [0.29, 0.717) is 5.75 Å². The molecule has 1 aromatic carbocycles. The van der Waals surface area contributed by atoms with Gasteiger partial charge in [-0.3, -0.25) is 19.2 Å². The number of oxime groups is 1. The van der Waals surface area contributed by atoms with Crippen LogP contribution in [0.3, 0.4) is 0 Å². The first-order chi connectivity index (χ1) is 20.7. The fourth-order valence-electron chi connectivity index (χ4n) is 4.49. The molecule has 16 heteroatoms. The zero-order valence-electron chi connectivity index (χ0n) is 23.0. The molecule has 226 valence electrons. The summed E-state index contributed by atoms with van der Waals surface area (Å²) in [6.07, 6.45) is 1.40. The van der Waals surface area contributed by atoms with E-state index in [1.165, 1.54) is 30.0 Å². The fraction of sp³-hybridized carbons (Fsp3) is 0.333. The van der Waals surface area contributed by atoms with Crippen molar-refractivity contribution in [1.82, 2.24) is 15.2 Å². The van der Waals surface area contributed by atoms with Gasteiger partial charge in [0.2, 0.25) is 5.91 Å². The van der Waals surface area contributed by atoms with E-state index >= 15 is 0 Å². The number of amides is 2. The summed E-state index contributed by atoms with van der Waals surface area (Å²) in [6.45, 7) is 0.0161. The van der Waals surface area contributed by atoms with E-state index in [4.69, 9.17) is 24.5 Å². The van der Waals surface area contributed by atoms with Crippen LogP contribution in [0.25, 0.3) is 0 Å². The summed E-state index contributed by atoms with van der Waals surface area (Å²) in [5, 5.41) is 7.50. The summed E-state index contributed by atoms with van der Waals surface area (Å²) in [7, 11) is 2.85. The van der Waals surface area contributed by atoms with E-state index in [2.05, 4.69) is 15.5 Å². The number of ether oxygens (including phenoxy) is 2. The van der Waals surface area contributed by atoms with Crippen molar-refractivity contribution in [2.24, 2.45) is 10.6 Å². The molecule has 2 saturated heterocycles. The van der Waals surface area contributed by atoms with Crippen molar-refractivity contribution in [2.75, 3.05) is 38.0 Å². The number of anilines is 1. The number of fused-ring (bicyclic) bond motifs is 1. The highest BCUT2D eigenvalue weighted by molar-refractivity contribution is 8.14. The van der Waals surface area contributed by atoms with E-state index < -0.39 is 28.7 Å². The second-order valence-corrected chi connectivity index (χ2v) is 12.5. The highest BCUT2D eigenvalue weighted by Crippen LogP contribution is 2.44. The molecule has 0 bridgehead atoms. The lowest BCUT2D eigenvalue weighted by Gasteiger charge is -2.54. The lowest BCUT2D eigenvalue weighted by molar-refractivity contribution is -0.162. The lowest BCUT2D eigenvalue weighted by Crippen LogP contribution is -2.74. The Bertz CT molecular complexity index is 1530. The monoisotopic (exact) mass is 645 g/mol. The van der Waals surface area contributed by atoms with Crippen LogP contribution in [0, 0.1) is 5.41 Å². The summed E-state index contributed by atoms with van der Waals surface area (Å²) in [5.74, 6) is -0.435. The number of thioether (sulfide) groups is 2. The molecular formula is C27H27N5O8S3. The summed E-state index contributed by atoms with van der Waals surface area (Å²) in [5.41, 5.74) is 5.36. The molecule has 43 heavy (non-hydrogen) atoms. The molecule has 2 aliphatic heterocycles. The number of nitrogen functional groups attached to an aromatic ring is 1. The van der Waals surface area contributed by atoms with Crippen molar-refractivity contribution in [1.29, 1.82) is 0 Å². The number of esters is 1. The highest BCUT2D eigenvalue weighted by atomic mass is 32.2. The van der Waals surface area contributed by atoms with Crippen molar-refractivity contribution in [3.05, 3.63) is 65.1 Å². The molecular weight excluding hydrogens is 619 g/mol. The number of hydrogen-bond acceptors (Lipinski definition) is 14. The van der Waals surface area contributed by atoms with Gasteiger partial charge in [-0.15, -0.1) is 23.1 Å². The second kappa shape index (κ2) is 13.1. The number of thiazole rings is 1. The number of methoxy groups -OCH3 is 1. The van der Waals surface area contributed by atoms with Gasteiger partial charge in [0.25, 0.3) is 11.0 Å². The Hall–Kier alpha value is -4.02. The SMILES string of the molecule is CON=C(C(=O)NC1C(=O)N2CC(CSC(=O)c3ccco3)(C(=O)OCc3ccc(OC)cc3)CS[C@H]12)c1csc(N)n1. The molecule has 4 heterocycles. The Labute approximate surface area is 258 Å². The van der Waals surface area contributed by atoms with E-state index in [-0.39, 0.29) is 58.0 Å². The number of nitrogens with zero attached hydrogens (tertiary/aromatic N) is 3. The first kappa shape index (κ1) is 30.4. The molecule has 3 aromatic rings. The summed E-state index contributed by atoms with van der Waals surface area (Å²) in [4.78, 5) is 63.0. The van der Waals surface area contributed by atoms with Gasteiger partial charge in [0.15, 0.2) is 16.6 Å². The minimum absolute atomic E-state index is 0.00480. The molecule has 0 radical (unpaired) electrons. The molecule has 2 fully saturated rings. The van der Waals surface area contributed by atoms with Crippen LogP contribution < -0.4 is 15.8 Å². The Balaban J connectivity index is 1.28. The third kappa shape index (κ3) is 6.50. The second-order valence-electron chi connectivity index (χ2n) is 9.57. The van der Waals surface area contributed by atoms with Crippen LogP contribution in [0.2, 0.25) is 0 Å². The van der Waals surface area contributed by atoms with Gasteiger partial charge in [0.1, 0.15) is 42.0 Å². The van der Waals surface area contributed by atoms with E-state index in [9.17, 15) is 19.2 Å². The first-order valence-corrected chi connectivity index (χ1v) is 15.7. The number of nitrogens with one attached hydrogen (secondary N) is 1. The first-order valence-electron chi connectivity index (χ1n) is 12.8. The van der Waals surface area contributed by atoms with Gasteiger partial charge >= 0.3 is 5.97 Å². The number of β-lactam (4-membered cyclic amide) rings is 1. The average molecular weight is 646 g/mol. The van der Waals surface area contributed by atoms with Crippen LogP contribution in [0.5, 0.6) is 5.75 Å². The van der Waals surface area contributed by atoms with Gasteiger partial charge < -0.3 is 34.7 Å². The van der Waals surface area contributed by atoms with Crippen molar-refractivity contribution in [3.63, 3.8) is 0 Å². The summed E-state index contributed by atoms with van der Waals surface area (Å²) >= 11 is 3.38. The van der Waals surface area contributed by atoms with Crippen LogP contribution in [0.15, 0.2) is 57.6 Å². The Morgan fingerprint density at radius 3 is 2.70 bits per heavy atom. The molecule has 3 atom stereocenters. The van der Waals surface area contributed by atoms with Gasteiger partial charge in [-0.2, -0.15) is 0 Å². The number of carbonyl (C=O) groups excluding carboxylic acids is 4. The number of aromatic nitrogens is 1. The molecule has 13 nitrogen and oxygen atoms in total. The standard InChI is InChI=1S/C27H27N5O8S3/c1-37-16-7-5-15(6-8-16)10-40-25(36)27(14-43-24(35)18-4-3-9-39-18)12-32-22(34)20(23(32)42-13-27)30-21(33)19(31-38-2)17-11-41-26(28)29-17/h3-9,11,20,23H,10,12-14H2,1-2H3,(H2,28,29)(H,30,33)/t20?,23-,27?/m1/s1. The molecule has 0 saturated carbocycles. The molecule has 2 aromatic heterocycles. The zero-order chi connectivity index (χ0) is 30.6. The average Bonchev–Trinajstić information content (AvgIpc) is 3.72. The van der Waals surface area contributed by atoms with Gasteiger partial charge in [0, 0.05) is 23.4 Å². The van der Waals surface area contributed by atoms with Crippen LogP contribution >= 0.6 is 34.9 Å². The largest absolute Gasteiger partial charge is 0.497 e. The van der Waals surface area contributed by atoms with Crippen molar-refractivity contribution < 1.29 is 37.9 Å². The minimum atomic E-state index is -1.19. The predicted octanol–water partition coefficient (Wildman–Crippen LogP) is 2.38. The topological polar surface area (TPSA) is 176 Å². The van der Waals surface area contributed by atoms with Crippen LogP contribution in [0.1, 0.15) is 21.8 Å². The van der Waals surface area contributed by atoms with Crippen molar-refractivity contribution in [3.8, 4) is 5.75 Å². The predicted molar refractivity (Wildman–Crippen MR) is 161 cm³/mol. The molecule has 2 unspecified atom stereocenters. The number of furan rings is 1. The molecule has 0 spiro atoms. The van der Waals surface area contributed by atoms with Crippen LogP contribution in [0.4, 0.5) is 5.13 Å². The summed E-state index contributed by atoms with van der Waals surface area (Å²) in [6, 6.07) is 9.38. The minimum Gasteiger partial charge on any atom is -0.497 e. The van der Waals surface area contributed by atoms with Crippen LogP contribution in [-0.4, -0.2) is 82.2 Å². The Morgan fingerprint density at radius 2 is 2.05 bits per heavy atom. The third-order valence-corrected chi connectivity index (χ3v) is 10.2. The van der Waals surface area contributed by atoms with Crippen LogP contribution in [-0.2, 0) is 30.6 Å². The smallest absolute Gasteiger partial charge is 0.315 e. The quantitative estimate of drug-likeness (QED) is 0.135. The summed E-state index contributed by atoms with van der Waals surface area (Å²) < 4.78 is 16.1. The molecule has 2 amide bonds. The molecule has 5 rings (SSSR count). The number of carbonyl (C=O) groups is 4. The normalized spacial score (nSPS) is 21.4. The van der Waals surface area contributed by atoms with E-state index in [1.807, 2.05) is 0 Å². The van der Waals surface area contributed by atoms with E-state index in [1.54, 1.807) is 48.9 Å². The lowest BCUT2D eigenvalue weighted by atomic mass is 9.89. The maximum Gasteiger partial charge on any atom is 0.315 e. The number of nitrogens with two attached hydrogens (primary N) is 1. The third-order valence-electron chi connectivity index (χ3n) is 6.76. The van der Waals surface area contributed by atoms with Gasteiger partial charge in [-0.05, 0) is 29.8 Å². The Morgan fingerprint density at radius 1 is 1.26 bits per heavy atom. The van der Waals surface area contributed by atoms with Crippen molar-refractivity contribution in [2.45, 2.75) is 18.0 Å². The number of rotatable bonds is 11. The number of hydrogen-bond donors (Lipinski definition) is 2. The number of benzene rings is 1. The van der Waals surface area contributed by atoms with Gasteiger partial charge in [-0.25, -0.2) is 4.98 Å². The Kier molecular flexibility index (Phi) is 9.27. The highest BCUT2D eigenvalue weighted by Gasteiger charge is 2.58. The molecule has 2 aliphatic rings. The molecule has 3 N–H and O–H groups in total.